The van der Waals surface area contributed by atoms with E-state index >= 15 is 0 Å². The molecule has 0 N–H and O–H groups in total. The van der Waals surface area contributed by atoms with E-state index < -0.39 is 0 Å². The third-order valence-electron chi connectivity index (χ3n) is 4.50. The zero-order chi connectivity index (χ0) is 19.2. The Hall–Kier alpha value is -2.53. The van der Waals surface area contributed by atoms with Gasteiger partial charge in [-0.3, -0.25) is 4.79 Å². The monoisotopic (exact) mass is 369 g/mol. The Morgan fingerprint density at radius 2 is 1.74 bits per heavy atom. The van der Waals surface area contributed by atoms with Gasteiger partial charge in [0, 0.05) is 24.2 Å². The predicted molar refractivity (Wildman–Crippen MR) is 105 cm³/mol. The summed E-state index contributed by atoms with van der Waals surface area (Å²) in [7, 11) is 0. The number of morpholine rings is 1. The smallest absolute Gasteiger partial charge is 0.254 e. The zero-order valence-corrected chi connectivity index (χ0v) is 16.3. The maximum absolute atomic E-state index is 12.8. The minimum Gasteiger partial charge on any atom is -0.493 e. The van der Waals surface area contributed by atoms with Crippen LogP contribution in [0.1, 0.15) is 34.0 Å². The normalized spacial score (nSPS) is 14.1. The molecule has 144 valence electrons. The molecule has 0 spiro atoms. The van der Waals surface area contributed by atoms with Crippen LogP contribution in [0.25, 0.3) is 0 Å². The lowest BCUT2D eigenvalue weighted by atomic mass is 10.1. The van der Waals surface area contributed by atoms with Gasteiger partial charge in [-0.25, -0.2) is 0 Å². The third kappa shape index (κ3) is 5.01. The van der Waals surface area contributed by atoms with Gasteiger partial charge in [-0.1, -0.05) is 6.07 Å². The molecule has 2 aromatic carbocycles. The number of carbonyl (C=O) groups is 1. The number of hydrogen-bond donors (Lipinski definition) is 0. The Kier molecular flexibility index (Phi) is 6.35. The molecule has 1 aliphatic heterocycles. The van der Waals surface area contributed by atoms with E-state index in [0.717, 1.165) is 28.2 Å². The van der Waals surface area contributed by atoms with Gasteiger partial charge in [0.1, 0.15) is 18.1 Å². The molecule has 5 nitrogen and oxygen atoms in total. The molecule has 27 heavy (non-hydrogen) atoms. The van der Waals surface area contributed by atoms with E-state index in [1.165, 1.54) is 0 Å². The second-order valence-electron chi connectivity index (χ2n) is 6.77. The number of aryl methyl sites for hydroxylation is 2. The van der Waals surface area contributed by atoms with Crippen LogP contribution >= 0.6 is 0 Å². The number of amides is 1. The molecule has 1 fully saturated rings. The fraction of sp³-hybridized carbons (Fsp3) is 0.409. The molecule has 0 radical (unpaired) electrons. The molecule has 5 heteroatoms. The lowest BCUT2D eigenvalue weighted by Crippen LogP contribution is -2.40. The van der Waals surface area contributed by atoms with Crippen molar-refractivity contribution in [2.45, 2.75) is 27.4 Å². The van der Waals surface area contributed by atoms with Crippen molar-refractivity contribution in [1.82, 2.24) is 4.90 Å². The summed E-state index contributed by atoms with van der Waals surface area (Å²) in [5.41, 5.74) is 3.84. The van der Waals surface area contributed by atoms with Crippen LogP contribution in [-0.4, -0.2) is 43.7 Å². The van der Waals surface area contributed by atoms with E-state index in [2.05, 4.69) is 6.07 Å². The first-order chi connectivity index (χ1) is 13.1. The van der Waals surface area contributed by atoms with Crippen molar-refractivity contribution >= 4 is 5.91 Å². The fourth-order valence-electron chi connectivity index (χ4n) is 3.25. The topological polar surface area (TPSA) is 48.0 Å². The molecule has 1 saturated heterocycles. The van der Waals surface area contributed by atoms with E-state index in [4.69, 9.17) is 14.2 Å². The lowest BCUT2D eigenvalue weighted by molar-refractivity contribution is 0.0302. The maximum atomic E-state index is 12.8. The standard InChI is InChI=1S/C22H27NO4/c1-4-26-21-6-5-18(22(24)23-7-9-25-10-8-23)14-19(21)15-27-20-12-16(2)11-17(3)13-20/h5-6,11-14H,4,7-10,15H2,1-3H3. The Morgan fingerprint density at radius 1 is 1.04 bits per heavy atom. The van der Waals surface area contributed by atoms with Crippen LogP contribution in [0, 0.1) is 13.8 Å². The van der Waals surface area contributed by atoms with Crippen molar-refractivity contribution < 1.29 is 19.0 Å². The van der Waals surface area contributed by atoms with Crippen molar-refractivity contribution in [3.8, 4) is 11.5 Å². The molecule has 1 aliphatic rings. The zero-order valence-electron chi connectivity index (χ0n) is 16.3. The van der Waals surface area contributed by atoms with Crippen molar-refractivity contribution in [2.24, 2.45) is 0 Å². The summed E-state index contributed by atoms with van der Waals surface area (Å²) in [6, 6.07) is 11.7. The Balaban J connectivity index is 1.79. The summed E-state index contributed by atoms with van der Waals surface area (Å²) in [6.07, 6.45) is 0. The highest BCUT2D eigenvalue weighted by molar-refractivity contribution is 5.94. The van der Waals surface area contributed by atoms with Gasteiger partial charge in [0.2, 0.25) is 0 Å². The number of hydrogen-bond acceptors (Lipinski definition) is 4. The highest BCUT2D eigenvalue weighted by Crippen LogP contribution is 2.24. The molecule has 1 heterocycles. The number of benzene rings is 2. The quantitative estimate of drug-likeness (QED) is 0.778. The summed E-state index contributed by atoms with van der Waals surface area (Å²) in [6.45, 7) is 9.38. The van der Waals surface area contributed by atoms with E-state index in [0.29, 0.717) is 45.1 Å². The molecule has 0 bridgehead atoms. The van der Waals surface area contributed by atoms with Crippen molar-refractivity contribution in [1.29, 1.82) is 0 Å². The molecule has 0 saturated carbocycles. The number of carbonyl (C=O) groups excluding carboxylic acids is 1. The summed E-state index contributed by atoms with van der Waals surface area (Å²) >= 11 is 0. The number of nitrogens with zero attached hydrogens (tertiary/aromatic N) is 1. The fourth-order valence-corrected chi connectivity index (χ4v) is 3.25. The largest absolute Gasteiger partial charge is 0.493 e. The molecule has 0 aromatic heterocycles. The Bertz CT molecular complexity index is 777. The third-order valence-corrected chi connectivity index (χ3v) is 4.50. The molecule has 1 amide bonds. The van der Waals surface area contributed by atoms with Crippen molar-refractivity contribution in [2.75, 3.05) is 32.9 Å². The van der Waals surface area contributed by atoms with E-state index in [1.54, 1.807) is 0 Å². The summed E-state index contributed by atoms with van der Waals surface area (Å²) in [5.74, 6) is 1.59. The minimum atomic E-state index is 0.0222. The molecule has 2 aromatic rings. The maximum Gasteiger partial charge on any atom is 0.254 e. The number of rotatable bonds is 6. The first kappa shape index (κ1) is 19.2. The summed E-state index contributed by atoms with van der Waals surface area (Å²) < 4.78 is 17.1. The van der Waals surface area contributed by atoms with Gasteiger partial charge in [0.05, 0.1) is 19.8 Å². The van der Waals surface area contributed by atoms with E-state index in [-0.39, 0.29) is 5.91 Å². The van der Waals surface area contributed by atoms with Crippen LogP contribution in [0.15, 0.2) is 36.4 Å². The Morgan fingerprint density at radius 3 is 2.41 bits per heavy atom. The molecule has 0 aliphatic carbocycles. The highest BCUT2D eigenvalue weighted by atomic mass is 16.5. The van der Waals surface area contributed by atoms with Gasteiger partial charge < -0.3 is 19.1 Å². The number of ether oxygens (including phenoxy) is 3. The van der Waals surface area contributed by atoms with Gasteiger partial charge >= 0.3 is 0 Å². The van der Waals surface area contributed by atoms with Gasteiger partial charge in [-0.05, 0) is 62.2 Å². The van der Waals surface area contributed by atoms with Crippen LogP contribution in [0.5, 0.6) is 11.5 Å². The van der Waals surface area contributed by atoms with Crippen LogP contribution in [0.4, 0.5) is 0 Å². The first-order valence-electron chi connectivity index (χ1n) is 9.40. The first-order valence-corrected chi connectivity index (χ1v) is 9.40. The molecule has 3 rings (SSSR count). The average Bonchev–Trinajstić information content (AvgIpc) is 2.67. The van der Waals surface area contributed by atoms with E-state index in [1.807, 2.05) is 56.0 Å². The average molecular weight is 369 g/mol. The van der Waals surface area contributed by atoms with Crippen molar-refractivity contribution in [3.05, 3.63) is 58.7 Å². The van der Waals surface area contributed by atoms with E-state index in [9.17, 15) is 4.79 Å². The lowest BCUT2D eigenvalue weighted by Gasteiger charge is -2.27. The van der Waals surface area contributed by atoms with Crippen LogP contribution in [-0.2, 0) is 11.3 Å². The van der Waals surface area contributed by atoms with Gasteiger partial charge in [-0.2, -0.15) is 0 Å². The van der Waals surface area contributed by atoms with Crippen LogP contribution < -0.4 is 9.47 Å². The highest BCUT2D eigenvalue weighted by Gasteiger charge is 2.20. The Labute approximate surface area is 160 Å². The second kappa shape index (κ2) is 8.91. The SMILES string of the molecule is CCOc1ccc(C(=O)N2CCOCC2)cc1COc1cc(C)cc(C)c1. The second-order valence-corrected chi connectivity index (χ2v) is 6.77. The van der Waals surface area contributed by atoms with Gasteiger partial charge in [0.25, 0.3) is 5.91 Å². The summed E-state index contributed by atoms with van der Waals surface area (Å²) in [4.78, 5) is 14.6. The van der Waals surface area contributed by atoms with Gasteiger partial charge in [-0.15, -0.1) is 0 Å². The van der Waals surface area contributed by atoms with Crippen molar-refractivity contribution in [3.63, 3.8) is 0 Å². The van der Waals surface area contributed by atoms with Crippen LogP contribution in [0.3, 0.4) is 0 Å². The van der Waals surface area contributed by atoms with Gasteiger partial charge in [0.15, 0.2) is 0 Å². The molecular formula is C22H27NO4. The molecule has 0 atom stereocenters. The van der Waals surface area contributed by atoms with Crippen LogP contribution in [0.2, 0.25) is 0 Å². The minimum absolute atomic E-state index is 0.0222. The molecular weight excluding hydrogens is 342 g/mol. The molecule has 0 unspecified atom stereocenters. The summed E-state index contributed by atoms with van der Waals surface area (Å²) in [5, 5.41) is 0. The predicted octanol–water partition coefficient (Wildman–Crippen LogP) is 3.75.